The van der Waals surface area contributed by atoms with Crippen LogP contribution in [-0.4, -0.2) is 34.5 Å². The second-order valence-electron chi connectivity index (χ2n) is 5.91. The molecule has 1 aliphatic rings. The number of carbonyl (C=O) groups is 2. The number of rotatable bonds is 3. The Hall–Kier alpha value is -1.88. The standard InChI is InChI=1S/C17H19NO3S/c1-18(17(16(20)21)9-5-2-6-10-17)15(19)13-11-22-14-8-4-3-7-12(13)14/h3-4,7-8,11H,2,5-6,9-10H2,1H3,(H,20,21). The van der Waals surface area contributed by atoms with E-state index in [0.29, 0.717) is 18.4 Å². The van der Waals surface area contributed by atoms with Gasteiger partial charge in [0.2, 0.25) is 0 Å². The average Bonchev–Trinajstić information content (AvgIpc) is 2.98. The number of carbonyl (C=O) groups excluding carboxylic acids is 1. The van der Waals surface area contributed by atoms with E-state index in [2.05, 4.69) is 0 Å². The Balaban J connectivity index is 1.98. The Morgan fingerprint density at radius 3 is 2.55 bits per heavy atom. The third-order valence-electron chi connectivity index (χ3n) is 4.74. The molecule has 22 heavy (non-hydrogen) atoms. The van der Waals surface area contributed by atoms with E-state index in [1.807, 2.05) is 29.6 Å². The molecule has 1 aromatic carbocycles. The van der Waals surface area contributed by atoms with Gasteiger partial charge in [0.05, 0.1) is 5.56 Å². The summed E-state index contributed by atoms with van der Waals surface area (Å²) in [4.78, 5) is 26.2. The van der Waals surface area contributed by atoms with E-state index in [1.54, 1.807) is 7.05 Å². The zero-order chi connectivity index (χ0) is 15.7. The molecular formula is C17H19NO3S. The number of nitrogens with zero attached hydrogens (tertiary/aromatic N) is 1. The lowest BCUT2D eigenvalue weighted by molar-refractivity contribution is -0.151. The number of hydrogen-bond acceptors (Lipinski definition) is 3. The Kier molecular flexibility index (Phi) is 3.91. The Bertz CT molecular complexity index is 716. The molecule has 1 aliphatic carbocycles. The Labute approximate surface area is 133 Å². The van der Waals surface area contributed by atoms with Gasteiger partial charge >= 0.3 is 5.97 Å². The van der Waals surface area contributed by atoms with Crippen molar-refractivity contribution in [3.05, 3.63) is 35.2 Å². The van der Waals surface area contributed by atoms with Gasteiger partial charge in [0.25, 0.3) is 5.91 Å². The maximum atomic E-state index is 12.9. The van der Waals surface area contributed by atoms with Crippen molar-refractivity contribution in [2.45, 2.75) is 37.6 Å². The highest BCUT2D eigenvalue weighted by atomic mass is 32.1. The van der Waals surface area contributed by atoms with E-state index in [0.717, 1.165) is 29.3 Å². The predicted octanol–water partition coefficient (Wildman–Crippen LogP) is 3.76. The summed E-state index contributed by atoms with van der Waals surface area (Å²) in [6.45, 7) is 0. The molecule has 2 aromatic rings. The van der Waals surface area contributed by atoms with Crippen LogP contribution in [0.2, 0.25) is 0 Å². The highest BCUT2D eigenvalue weighted by Crippen LogP contribution is 2.35. The summed E-state index contributed by atoms with van der Waals surface area (Å²) in [6.07, 6.45) is 3.82. The van der Waals surface area contributed by atoms with Gasteiger partial charge in [0.15, 0.2) is 0 Å². The van der Waals surface area contributed by atoms with Gasteiger partial charge in [-0.3, -0.25) is 4.79 Å². The van der Waals surface area contributed by atoms with Crippen molar-refractivity contribution in [1.29, 1.82) is 0 Å². The minimum Gasteiger partial charge on any atom is -0.479 e. The minimum atomic E-state index is -1.06. The molecule has 0 radical (unpaired) electrons. The minimum absolute atomic E-state index is 0.193. The van der Waals surface area contributed by atoms with Crippen molar-refractivity contribution >= 4 is 33.3 Å². The molecule has 1 fully saturated rings. The number of likely N-dealkylation sites (N-methyl/N-ethyl adjacent to an activating group) is 1. The third-order valence-corrected chi connectivity index (χ3v) is 5.70. The topological polar surface area (TPSA) is 57.6 Å². The SMILES string of the molecule is CN(C(=O)c1csc2ccccc12)C1(C(=O)O)CCCCC1. The molecular weight excluding hydrogens is 298 g/mol. The van der Waals surface area contributed by atoms with Crippen molar-refractivity contribution in [3.63, 3.8) is 0 Å². The maximum Gasteiger partial charge on any atom is 0.329 e. The van der Waals surface area contributed by atoms with Crippen molar-refractivity contribution in [3.8, 4) is 0 Å². The van der Waals surface area contributed by atoms with Gasteiger partial charge in [-0.15, -0.1) is 11.3 Å². The highest BCUT2D eigenvalue weighted by molar-refractivity contribution is 7.17. The van der Waals surface area contributed by atoms with E-state index >= 15 is 0 Å². The maximum absolute atomic E-state index is 12.9. The monoisotopic (exact) mass is 317 g/mol. The summed E-state index contributed by atoms with van der Waals surface area (Å²) in [5.74, 6) is -1.08. The number of hydrogen-bond donors (Lipinski definition) is 1. The first-order valence-corrected chi connectivity index (χ1v) is 8.42. The lowest BCUT2D eigenvalue weighted by atomic mass is 9.80. The molecule has 0 aliphatic heterocycles. The van der Waals surface area contributed by atoms with Crippen LogP contribution < -0.4 is 0 Å². The summed E-state index contributed by atoms with van der Waals surface area (Å²) >= 11 is 1.52. The second kappa shape index (κ2) is 5.72. The van der Waals surface area contributed by atoms with E-state index in [-0.39, 0.29) is 5.91 Å². The van der Waals surface area contributed by atoms with Crippen LogP contribution in [-0.2, 0) is 4.79 Å². The average molecular weight is 317 g/mol. The quantitative estimate of drug-likeness (QED) is 0.937. The molecule has 5 heteroatoms. The van der Waals surface area contributed by atoms with Gasteiger partial charge in [-0.05, 0) is 18.9 Å². The summed E-state index contributed by atoms with van der Waals surface area (Å²) in [6, 6.07) is 7.74. The first-order valence-electron chi connectivity index (χ1n) is 7.54. The summed E-state index contributed by atoms with van der Waals surface area (Å²) in [5.41, 5.74) is -0.451. The normalized spacial score (nSPS) is 17.3. The molecule has 4 nitrogen and oxygen atoms in total. The molecule has 0 atom stereocenters. The van der Waals surface area contributed by atoms with Crippen LogP contribution in [0.25, 0.3) is 10.1 Å². The number of aliphatic carboxylic acids is 1. The molecule has 0 unspecified atom stereocenters. The van der Waals surface area contributed by atoms with Crippen LogP contribution in [0.15, 0.2) is 29.6 Å². The Morgan fingerprint density at radius 1 is 1.18 bits per heavy atom. The number of fused-ring (bicyclic) bond motifs is 1. The van der Waals surface area contributed by atoms with Crippen LogP contribution in [0.3, 0.4) is 0 Å². The number of benzene rings is 1. The van der Waals surface area contributed by atoms with Crippen LogP contribution in [0, 0.1) is 0 Å². The van der Waals surface area contributed by atoms with Gasteiger partial charge in [-0.1, -0.05) is 37.5 Å². The van der Waals surface area contributed by atoms with Gasteiger partial charge in [0, 0.05) is 22.5 Å². The largest absolute Gasteiger partial charge is 0.479 e. The first-order chi connectivity index (χ1) is 10.6. The second-order valence-corrected chi connectivity index (χ2v) is 6.82. The van der Waals surface area contributed by atoms with Gasteiger partial charge in [-0.2, -0.15) is 0 Å². The molecule has 1 saturated carbocycles. The lowest BCUT2D eigenvalue weighted by Crippen LogP contribution is -2.56. The lowest BCUT2D eigenvalue weighted by Gasteiger charge is -2.41. The fraction of sp³-hybridized carbons (Fsp3) is 0.412. The molecule has 0 spiro atoms. The van der Waals surface area contributed by atoms with Gasteiger partial charge in [0.1, 0.15) is 5.54 Å². The number of carboxylic acid groups (broad SMARTS) is 1. The van der Waals surface area contributed by atoms with E-state index in [1.165, 1.54) is 16.2 Å². The van der Waals surface area contributed by atoms with Crippen molar-refractivity contribution < 1.29 is 14.7 Å². The van der Waals surface area contributed by atoms with Crippen LogP contribution >= 0.6 is 11.3 Å². The molecule has 3 rings (SSSR count). The van der Waals surface area contributed by atoms with Crippen LogP contribution in [0.1, 0.15) is 42.5 Å². The molecule has 0 bridgehead atoms. The number of thiophene rings is 1. The van der Waals surface area contributed by atoms with Crippen LogP contribution in [0.4, 0.5) is 0 Å². The van der Waals surface area contributed by atoms with E-state index < -0.39 is 11.5 Å². The smallest absolute Gasteiger partial charge is 0.329 e. The van der Waals surface area contributed by atoms with Gasteiger partial charge < -0.3 is 10.0 Å². The first kappa shape index (κ1) is 15.0. The summed E-state index contributed by atoms with van der Waals surface area (Å²) in [7, 11) is 1.63. The summed E-state index contributed by atoms with van der Waals surface area (Å²) < 4.78 is 1.05. The van der Waals surface area contributed by atoms with E-state index in [4.69, 9.17) is 0 Å². The zero-order valence-electron chi connectivity index (χ0n) is 12.5. The van der Waals surface area contributed by atoms with Crippen molar-refractivity contribution in [2.24, 2.45) is 0 Å². The number of amides is 1. The summed E-state index contributed by atoms with van der Waals surface area (Å²) in [5, 5.41) is 12.5. The fourth-order valence-electron chi connectivity index (χ4n) is 3.35. The molecule has 1 amide bonds. The van der Waals surface area contributed by atoms with Crippen molar-refractivity contribution in [1.82, 2.24) is 4.90 Å². The van der Waals surface area contributed by atoms with E-state index in [9.17, 15) is 14.7 Å². The van der Waals surface area contributed by atoms with Crippen molar-refractivity contribution in [2.75, 3.05) is 7.05 Å². The van der Waals surface area contributed by atoms with Crippen LogP contribution in [0.5, 0.6) is 0 Å². The zero-order valence-corrected chi connectivity index (χ0v) is 13.4. The van der Waals surface area contributed by atoms with Gasteiger partial charge in [-0.25, -0.2) is 4.79 Å². The molecule has 1 heterocycles. The third kappa shape index (κ3) is 2.29. The highest BCUT2D eigenvalue weighted by Gasteiger charge is 2.45. The molecule has 0 saturated heterocycles. The Morgan fingerprint density at radius 2 is 1.86 bits per heavy atom. The number of carboxylic acids is 1. The fourth-order valence-corrected chi connectivity index (χ4v) is 4.28. The molecule has 1 aromatic heterocycles. The molecule has 1 N–H and O–H groups in total. The molecule has 116 valence electrons. The predicted molar refractivity (Wildman–Crippen MR) is 87.4 cm³/mol.